The molecule has 27 heavy (non-hydrogen) atoms. The highest BCUT2D eigenvalue weighted by molar-refractivity contribution is 5.96. The molecule has 0 unspecified atom stereocenters. The van der Waals surface area contributed by atoms with Crippen LogP contribution in [0.1, 0.15) is 34.8 Å². The molecule has 0 spiro atoms. The lowest BCUT2D eigenvalue weighted by molar-refractivity contribution is -0.121. The summed E-state index contributed by atoms with van der Waals surface area (Å²) in [5.41, 5.74) is 3.34. The van der Waals surface area contributed by atoms with E-state index < -0.39 is 0 Å². The Morgan fingerprint density at radius 3 is 2.33 bits per heavy atom. The minimum Gasteiger partial charge on any atom is -0.354 e. The molecule has 142 valence electrons. The van der Waals surface area contributed by atoms with Gasteiger partial charge in [-0.05, 0) is 37.1 Å². The predicted molar refractivity (Wildman–Crippen MR) is 106 cm³/mol. The van der Waals surface area contributed by atoms with Gasteiger partial charge in [-0.3, -0.25) is 14.4 Å². The lowest BCUT2D eigenvalue weighted by Gasteiger charge is -2.09. The van der Waals surface area contributed by atoms with E-state index in [0.29, 0.717) is 37.2 Å². The maximum absolute atomic E-state index is 12.1. The van der Waals surface area contributed by atoms with Gasteiger partial charge in [-0.2, -0.15) is 0 Å². The predicted octanol–water partition coefficient (Wildman–Crippen LogP) is 2.43. The summed E-state index contributed by atoms with van der Waals surface area (Å²) in [7, 11) is 0. The van der Waals surface area contributed by atoms with Crippen molar-refractivity contribution < 1.29 is 14.4 Å². The molecular formula is C21H25N3O3. The molecule has 0 saturated carbocycles. The Balaban J connectivity index is 1.68. The summed E-state index contributed by atoms with van der Waals surface area (Å²) in [5.74, 6) is -0.491. The van der Waals surface area contributed by atoms with E-state index in [1.165, 1.54) is 12.5 Å². The van der Waals surface area contributed by atoms with Gasteiger partial charge in [-0.15, -0.1) is 0 Å². The topological polar surface area (TPSA) is 87.3 Å². The van der Waals surface area contributed by atoms with Gasteiger partial charge >= 0.3 is 0 Å². The van der Waals surface area contributed by atoms with Crippen LogP contribution in [0.4, 0.5) is 5.69 Å². The second-order valence-electron chi connectivity index (χ2n) is 6.35. The fourth-order valence-corrected chi connectivity index (χ4v) is 2.52. The molecule has 0 bridgehead atoms. The maximum Gasteiger partial charge on any atom is 0.251 e. The van der Waals surface area contributed by atoms with Gasteiger partial charge in [-0.1, -0.05) is 35.9 Å². The molecule has 0 fully saturated rings. The van der Waals surface area contributed by atoms with E-state index in [4.69, 9.17) is 0 Å². The molecule has 3 N–H and O–H groups in total. The van der Waals surface area contributed by atoms with E-state index in [1.54, 1.807) is 24.3 Å². The van der Waals surface area contributed by atoms with Gasteiger partial charge in [0.2, 0.25) is 11.8 Å². The largest absolute Gasteiger partial charge is 0.354 e. The highest BCUT2D eigenvalue weighted by atomic mass is 16.2. The van der Waals surface area contributed by atoms with E-state index >= 15 is 0 Å². The van der Waals surface area contributed by atoms with Crippen LogP contribution < -0.4 is 16.0 Å². The average Bonchev–Trinajstić information content (AvgIpc) is 2.64. The van der Waals surface area contributed by atoms with Crippen molar-refractivity contribution in [3.63, 3.8) is 0 Å². The maximum atomic E-state index is 12.1. The first-order chi connectivity index (χ1) is 12.9. The number of benzene rings is 2. The standard InChI is InChI=1S/C21H25N3O3/c1-15-6-8-17(9-7-15)10-11-20(26)22-12-13-23-21(27)18-4-3-5-19(14-18)24-16(2)25/h3-9,14H,10-13H2,1-2H3,(H,22,26)(H,23,27)(H,24,25). The van der Waals surface area contributed by atoms with Crippen molar-refractivity contribution >= 4 is 23.4 Å². The molecule has 0 atom stereocenters. The van der Waals surface area contributed by atoms with E-state index in [2.05, 4.69) is 16.0 Å². The van der Waals surface area contributed by atoms with Crippen molar-refractivity contribution in [3.05, 3.63) is 65.2 Å². The van der Waals surface area contributed by atoms with Crippen LogP contribution >= 0.6 is 0 Å². The van der Waals surface area contributed by atoms with Crippen molar-refractivity contribution in [2.45, 2.75) is 26.7 Å². The van der Waals surface area contributed by atoms with Gasteiger partial charge in [0, 0.05) is 37.7 Å². The monoisotopic (exact) mass is 367 g/mol. The van der Waals surface area contributed by atoms with Crippen LogP contribution in [0.2, 0.25) is 0 Å². The molecule has 0 aliphatic carbocycles. The second kappa shape index (κ2) is 10.1. The van der Waals surface area contributed by atoms with Crippen molar-refractivity contribution in [1.82, 2.24) is 10.6 Å². The Morgan fingerprint density at radius 1 is 0.926 bits per heavy atom. The van der Waals surface area contributed by atoms with Crippen molar-refractivity contribution in [2.24, 2.45) is 0 Å². The lowest BCUT2D eigenvalue weighted by Crippen LogP contribution is -2.34. The van der Waals surface area contributed by atoms with Crippen LogP contribution in [-0.4, -0.2) is 30.8 Å². The summed E-state index contributed by atoms with van der Waals surface area (Å²) >= 11 is 0. The minimum atomic E-state index is -0.254. The summed E-state index contributed by atoms with van der Waals surface area (Å²) < 4.78 is 0. The highest BCUT2D eigenvalue weighted by Gasteiger charge is 2.07. The summed E-state index contributed by atoms with van der Waals surface area (Å²) in [5, 5.41) is 8.18. The van der Waals surface area contributed by atoms with Gasteiger partial charge < -0.3 is 16.0 Å². The van der Waals surface area contributed by atoms with Gasteiger partial charge in [0.15, 0.2) is 0 Å². The number of carbonyl (C=O) groups excluding carboxylic acids is 3. The summed E-state index contributed by atoms with van der Waals surface area (Å²) in [6.45, 7) is 4.14. The Labute approximate surface area is 159 Å². The summed E-state index contributed by atoms with van der Waals surface area (Å²) in [6.07, 6.45) is 1.10. The molecular weight excluding hydrogens is 342 g/mol. The van der Waals surface area contributed by atoms with E-state index in [9.17, 15) is 14.4 Å². The molecule has 0 aromatic heterocycles. The third kappa shape index (κ3) is 7.32. The van der Waals surface area contributed by atoms with Crippen LogP contribution in [0.3, 0.4) is 0 Å². The number of aryl methyl sites for hydroxylation is 2. The molecule has 3 amide bonds. The smallest absolute Gasteiger partial charge is 0.251 e. The van der Waals surface area contributed by atoms with Gasteiger partial charge in [-0.25, -0.2) is 0 Å². The molecule has 0 aliphatic heterocycles. The van der Waals surface area contributed by atoms with Crippen LogP contribution in [0.15, 0.2) is 48.5 Å². The Hall–Kier alpha value is -3.15. The molecule has 0 radical (unpaired) electrons. The minimum absolute atomic E-state index is 0.0440. The number of carbonyl (C=O) groups is 3. The summed E-state index contributed by atoms with van der Waals surface area (Å²) in [4.78, 5) is 35.1. The fourth-order valence-electron chi connectivity index (χ4n) is 2.52. The molecule has 6 nitrogen and oxygen atoms in total. The van der Waals surface area contributed by atoms with Crippen molar-refractivity contribution in [3.8, 4) is 0 Å². The third-order valence-corrected chi connectivity index (χ3v) is 3.94. The normalized spacial score (nSPS) is 10.1. The first kappa shape index (κ1) is 20.2. The Morgan fingerprint density at radius 2 is 1.63 bits per heavy atom. The number of rotatable bonds is 8. The third-order valence-electron chi connectivity index (χ3n) is 3.94. The van der Waals surface area contributed by atoms with Gasteiger partial charge in [0.25, 0.3) is 5.91 Å². The van der Waals surface area contributed by atoms with Crippen molar-refractivity contribution in [1.29, 1.82) is 0 Å². The molecule has 2 aromatic rings. The van der Waals surface area contributed by atoms with E-state index in [1.807, 2.05) is 31.2 Å². The molecule has 0 saturated heterocycles. The Bertz CT molecular complexity index is 801. The number of amides is 3. The van der Waals surface area contributed by atoms with Crippen LogP contribution in [0.25, 0.3) is 0 Å². The first-order valence-electron chi connectivity index (χ1n) is 8.92. The Kier molecular flexibility index (Phi) is 7.55. The average molecular weight is 367 g/mol. The van der Waals surface area contributed by atoms with Crippen LogP contribution in [-0.2, 0) is 16.0 Å². The zero-order chi connectivity index (χ0) is 19.6. The fraction of sp³-hybridized carbons (Fsp3) is 0.286. The van der Waals surface area contributed by atoms with Gasteiger partial charge in [0.05, 0.1) is 0 Å². The molecule has 2 rings (SSSR count). The second-order valence-corrected chi connectivity index (χ2v) is 6.35. The van der Waals surface area contributed by atoms with E-state index in [-0.39, 0.29) is 17.7 Å². The molecule has 6 heteroatoms. The van der Waals surface area contributed by atoms with Crippen LogP contribution in [0.5, 0.6) is 0 Å². The van der Waals surface area contributed by atoms with Crippen LogP contribution in [0, 0.1) is 6.92 Å². The highest BCUT2D eigenvalue weighted by Crippen LogP contribution is 2.10. The molecule has 0 aliphatic rings. The zero-order valence-corrected chi connectivity index (χ0v) is 15.7. The van der Waals surface area contributed by atoms with Crippen molar-refractivity contribution in [2.75, 3.05) is 18.4 Å². The number of nitrogens with one attached hydrogen (secondary N) is 3. The SMILES string of the molecule is CC(=O)Nc1cccc(C(=O)NCCNC(=O)CCc2ccc(C)cc2)c1. The van der Waals surface area contributed by atoms with Gasteiger partial charge in [0.1, 0.15) is 0 Å². The van der Waals surface area contributed by atoms with E-state index in [0.717, 1.165) is 5.56 Å². The zero-order valence-electron chi connectivity index (χ0n) is 15.7. The number of anilines is 1. The number of hydrogen-bond acceptors (Lipinski definition) is 3. The molecule has 0 heterocycles. The lowest BCUT2D eigenvalue weighted by atomic mass is 10.1. The number of hydrogen-bond donors (Lipinski definition) is 3. The first-order valence-corrected chi connectivity index (χ1v) is 8.92. The molecule has 2 aromatic carbocycles. The quantitative estimate of drug-likeness (QED) is 0.626. The summed E-state index contributed by atoms with van der Waals surface area (Å²) in [6, 6.07) is 14.8.